The normalized spacial score (nSPS) is 11.8. The summed E-state index contributed by atoms with van der Waals surface area (Å²) >= 11 is 1.90. The molecule has 10 aromatic carbocycles. The molecule has 52 heavy (non-hydrogen) atoms. The molecule has 2 heteroatoms. The third-order valence-electron chi connectivity index (χ3n) is 10.8. The van der Waals surface area contributed by atoms with Gasteiger partial charge in [0.1, 0.15) is 0 Å². The zero-order valence-corrected chi connectivity index (χ0v) is 29.1. The Balaban J connectivity index is 1.07. The molecule has 0 unspecified atom stereocenters. The Kier molecular flexibility index (Phi) is 6.49. The van der Waals surface area contributed by atoms with Gasteiger partial charge in [-0.2, -0.15) is 0 Å². The number of nitrogens with zero attached hydrogens (tertiary/aromatic N) is 1. The van der Waals surface area contributed by atoms with Crippen molar-refractivity contribution in [3.05, 3.63) is 188 Å². The Morgan fingerprint density at radius 3 is 1.81 bits per heavy atom. The van der Waals surface area contributed by atoms with Crippen LogP contribution < -0.4 is 4.90 Å². The Morgan fingerprint density at radius 1 is 0.327 bits per heavy atom. The third-order valence-corrected chi connectivity index (χ3v) is 12.0. The first-order valence-electron chi connectivity index (χ1n) is 17.8. The lowest BCUT2D eigenvalue weighted by Gasteiger charge is -2.29. The predicted molar refractivity (Wildman–Crippen MR) is 227 cm³/mol. The molecule has 1 nitrogen and oxygen atoms in total. The van der Waals surface area contributed by atoms with Gasteiger partial charge in [0.25, 0.3) is 0 Å². The number of fused-ring (bicyclic) bond motifs is 11. The van der Waals surface area contributed by atoms with Gasteiger partial charge in [-0.15, -0.1) is 11.3 Å². The summed E-state index contributed by atoms with van der Waals surface area (Å²) in [6.45, 7) is 0. The summed E-state index contributed by atoms with van der Waals surface area (Å²) < 4.78 is 2.71. The second-order valence-electron chi connectivity index (χ2n) is 13.7. The highest BCUT2D eigenvalue weighted by Gasteiger charge is 2.19. The summed E-state index contributed by atoms with van der Waals surface area (Å²) in [7, 11) is 0. The average molecular weight is 678 g/mol. The summed E-state index contributed by atoms with van der Waals surface area (Å²) in [6, 6.07) is 69.2. The summed E-state index contributed by atoms with van der Waals surface area (Å²) in [5.74, 6) is 0. The van der Waals surface area contributed by atoms with E-state index in [1.807, 2.05) is 11.3 Å². The zero-order valence-electron chi connectivity index (χ0n) is 28.3. The number of rotatable bonds is 4. The van der Waals surface area contributed by atoms with E-state index in [1.165, 1.54) is 90.8 Å². The molecule has 1 heterocycles. The van der Waals surface area contributed by atoms with E-state index >= 15 is 0 Å². The van der Waals surface area contributed by atoms with Crippen molar-refractivity contribution in [3.63, 3.8) is 0 Å². The molecule has 0 fully saturated rings. The molecule has 1 aromatic heterocycles. The fraction of sp³-hybridized carbons (Fsp3) is 0. The van der Waals surface area contributed by atoms with Gasteiger partial charge in [-0.25, -0.2) is 0 Å². The fourth-order valence-electron chi connectivity index (χ4n) is 8.34. The van der Waals surface area contributed by atoms with Crippen LogP contribution in [0.2, 0.25) is 0 Å². The van der Waals surface area contributed by atoms with E-state index < -0.39 is 0 Å². The van der Waals surface area contributed by atoms with Gasteiger partial charge in [0.15, 0.2) is 0 Å². The Morgan fingerprint density at radius 2 is 0.942 bits per heavy atom. The number of anilines is 3. The Bertz CT molecular complexity index is 3180. The standard InChI is InChI=1S/C50H31NS/c1-4-14-40-33(10-1)12-9-18-46(40)51(47-31-36-11-2-3-13-39(36)42-15-5-6-16-43(42)47)38-26-22-32(23-27-38)35-25-28-41-37(30-35)21-20-34-24-29-45-44-17-7-8-19-48(44)52-50(45)49(34)41/h1-31H. The Labute approximate surface area is 305 Å². The van der Waals surface area contributed by atoms with Crippen LogP contribution in [0.4, 0.5) is 17.1 Å². The van der Waals surface area contributed by atoms with Crippen LogP contribution in [0.25, 0.3) is 85.2 Å². The number of hydrogen-bond donors (Lipinski definition) is 0. The van der Waals surface area contributed by atoms with E-state index in [1.54, 1.807) is 0 Å². The first-order chi connectivity index (χ1) is 25.8. The lowest BCUT2D eigenvalue weighted by Crippen LogP contribution is -2.11. The van der Waals surface area contributed by atoms with Gasteiger partial charge < -0.3 is 4.90 Å². The molecule has 0 atom stereocenters. The van der Waals surface area contributed by atoms with Gasteiger partial charge in [-0.1, -0.05) is 152 Å². The average Bonchev–Trinajstić information content (AvgIpc) is 3.60. The van der Waals surface area contributed by atoms with Gasteiger partial charge in [0, 0.05) is 42.0 Å². The molecule has 0 N–H and O–H groups in total. The van der Waals surface area contributed by atoms with E-state index in [9.17, 15) is 0 Å². The molecule has 0 saturated carbocycles. The molecule has 242 valence electrons. The van der Waals surface area contributed by atoms with Crippen molar-refractivity contribution in [2.24, 2.45) is 0 Å². The van der Waals surface area contributed by atoms with E-state index in [0.717, 1.165) is 11.4 Å². The highest BCUT2D eigenvalue weighted by Crippen LogP contribution is 2.45. The maximum Gasteiger partial charge on any atom is 0.0546 e. The van der Waals surface area contributed by atoms with Gasteiger partial charge in [-0.05, 0) is 85.2 Å². The molecule has 11 aromatic rings. The molecule has 0 amide bonds. The van der Waals surface area contributed by atoms with Crippen molar-refractivity contribution in [3.8, 4) is 11.1 Å². The fourth-order valence-corrected chi connectivity index (χ4v) is 9.61. The molecule has 0 saturated heterocycles. The highest BCUT2D eigenvalue weighted by atomic mass is 32.1. The van der Waals surface area contributed by atoms with Gasteiger partial charge in [-0.3, -0.25) is 0 Å². The predicted octanol–water partition coefficient (Wildman–Crippen LogP) is 15.0. The number of benzene rings is 10. The summed E-state index contributed by atoms with van der Waals surface area (Å²) in [5, 5.41) is 15.3. The number of thiophene rings is 1. The topological polar surface area (TPSA) is 3.24 Å². The molecular weight excluding hydrogens is 647 g/mol. The van der Waals surface area contributed by atoms with Crippen LogP contribution in [0.1, 0.15) is 0 Å². The highest BCUT2D eigenvalue weighted by molar-refractivity contribution is 7.26. The van der Waals surface area contributed by atoms with Crippen LogP contribution in [-0.2, 0) is 0 Å². The molecule has 0 spiro atoms. The lowest BCUT2D eigenvalue weighted by atomic mass is 9.96. The smallest absolute Gasteiger partial charge is 0.0546 e. The molecule has 0 aliphatic carbocycles. The molecule has 0 radical (unpaired) electrons. The van der Waals surface area contributed by atoms with E-state index in [0.29, 0.717) is 0 Å². The largest absolute Gasteiger partial charge is 0.309 e. The van der Waals surface area contributed by atoms with Crippen molar-refractivity contribution in [1.82, 2.24) is 0 Å². The quantitative estimate of drug-likeness (QED) is 0.168. The molecule has 11 rings (SSSR count). The molecule has 0 aliphatic heterocycles. The zero-order chi connectivity index (χ0) is 34.2. The minimum absolute atomic E-state index is 1.12. The summed E-state index contributed by atoms with van der Waals surface area (Å²) in [4.78, 5) is 2.45. The van der Waals surface area contributed by atoms with Crippen LogP contribution >= 0.6 is 11.3 Å². The SMILES string of the molecule is c1ccc2c(N(c3ccc(-c4ccc5c(ccc6ccc7c8ccccc8sc7c65)c4)cc3)c3cc4ccccc4c4ccccc34)cccc2c1. The van der Waals surface area contributed by atoms with Crippen molar-refractivity contribution >= 4 is 102 Å². The van der Waals surface area contributed by atoms with E-state index in [4.69, 9.17) is 0 Å². The number of hydrogen-bond acceptors (Lipinski definition) is 2. The summed E-state index contributed by atoms with van der Waals surface area (Å²) in [6.07, 6.45) is 0. The van der Waals surface area contributed by atoms with Crippen molar-refractivity contribution in [1.29, 1.82) is 0 Å². The minimum atomic E-state index is 1.12. The Hall–Kier alpha value is -6.48. The van der Waals surface area contributed by atoms with Crippen LogP contribution in [0, 0.1) is 0 Å². The summed E-state index contributed by atoms with van der Waals surface area (Å²) in [5.41, 5.74) is 5.88. The maximum atomic E-state index is 2.45. The lowest BCUT2D eigenvalue weighted by molar-refractivity contribution is 1.32. The second kappa shape index (κ2) is 11.5. The first-order valence-corrected chi connectivity index (χ1v) is 18.7. The van der Waals surface area contributed by atoms with Crippen molar-refractivity contribution in [2.45, 2.75) is 0 Å². The third kappa shape index (κ3) is 4.48. The van der Waals surface area contributed by atoms with E-state index in [-0.39, 0.29) is 0 Å². The minimum Gasteiger partial charge on any atom is -0.309 e. The van der Waals surface area contributed by atoms with Gasteiger partial charge in [0.2, 0.25) is 0 Å². The van der Waals surface area contributed by atoms with Crippen molar-refractivity contribution in [2.75, 3.05) is 4.90 Å². The van der Waals surface area contributed by atoms with Crippen LogP contribution in [0.15, 0.2) is 188 Å². The first kappa shape index (κ1) is 29.3. The molecular formula is C50H31NS. The van der Waals surface area contributed by atoms with Crippen molar-refractivity contribution < 1.29 is 0 Å². The molecule has 0 bridgehead atoms. The van der Waals surface area contributed by atoms with Crippen LogP contribution in [0.3, 0.4) is 0 Å². The van der Waals surface area contributed by atoms with E-state index in [2.05, 4.69) is 193 Å². The van der Waals surface area contributed by atoms with Crippen LogP contribution in [-0.4, -0.2) is 0 Å². The monoisotopic (exact) mass is 677 g/mol. The van der Waals surface area contributed by atoms with Gasteiger partial charge in [0.05, 0.1) is 11.4 Å². The second-order valence-corrected chi connectivity index (χ2v) is 14.7. The van der Waals surface area contributed by atoms with Gasteiger partial charge >= 0.3 is 0 Å². The van der Waals surface area contributed by atoms with Crippen LogP contribution in [0.5, 0.6) is 0 Å². The molecule has 0 aliphatic rings. The maximum absolute atomic E-state index is 2.45.